The maximum Gasteiger partial charge on any atom is 0.261 e. The van der Waals surface area contributed by atoms with Crippen LogP contribution in [0.15, 0.2) is 28.2 Å². The van der Waals surface area contributed by atoms with E-state index in [1.165, 1.54) is 11.3 Å². The maximum atomic E-state index is 12.4. The molecule has 0 unspecified atom stereocenters. The quantitative estimate of drug-likeness (QED) is 0.776. The Morgan fingerprint density at radius 3 is 2.95 bits per heavy atom. The van der Waals surface area contributed by atoms with Crippen LogP contribution in [0.25, 0.3) is 11.5 Å². The highest BCUT2D eigenvalue weighted by Crippen LogP contribution is 2.25. The van der Waals surface area contributed by atoms with E-state index >= 15 is 0 Å². The second-order valence-corrected chi connectivity index (χ2v) is 5.16. The molecule has 2 N–H and O–H groups in total. The van der Waals surface area contributed by atoms with Gasteiger partial charge in [-0.25, -0.2) is 4.98 Å². The number of aromatic nitrogens is 3. The molecule has 3 rings (SSSR count). The molecule has 1 amide bonds. The Morgan fingerprint density at radius 2 is 2.30 bits per heavy atom. The summed E-state index contributed by atoms with van der Waals surface area (Å²) in [6.45, 7) is 3.67. The summed E-state index contributed by atoms with van der Waals surface area (Å²) in [5.41, 5.74) is 2.52. The molecule has 7 heteroatoms. The van der Waals surface area contributed by atoms with Gasteiger partial charge in [0.1, 0.15) is 5.69 Å². The Balaban J connectivity index is 1.93. The first-order valence-electron chi connectivity index (χ1n) is 5.97. The number of anilines is 1. The van der Waals surface area contributed by atoms with Crippen molar-refractivity contribution in [3.8, 4) is 11.5 Å². The van der Waals surface area contributed by atoms with Crippen LogP contribution in [0.1, 0.15) is 21.7 Å². The second kappa shape index (κ2) is 4.93. The summed E-state index contributed by atoms with van der Waals surface area (Å²) in [5, 5.41) is 12.2. The number of hydrogen-bond donors (Lipinski definition) is 2. The van der Waals surface area contributed by atoms with Crippen molar-refractivity contribution in [2.24, 2.45) is 0 Å². The van der Waals surface area contributed by atoms with Crippen LogP contribution in [0.3, 0.4) is 0 Å². The van der Waals surface area contributed by atoms with Gasteiger partial charge in [0, 0.05) is 11.1 Å². The smallest absolute Gasteiger partial charge is 0.261 e. The van der Waals surface area contributed by atoms with E-state index in [0.717, 1.165) is 5.69 Å². The van der Waals surface area contributed by atoms with Gasteiger partial charge in [0.2, 0.25) is 0 Å². The van der Waals surface area contributed by atoms with Gasteiger partial charge in [-0.3, -0.25) is 15.2 Å². The zero-order valence-corrected chi connectivity index (χ0v) is 11.7. The number of nitrogens with one attached hydrogen (secondary N) is 2. The van der Waals surface area contributed by atoms with Crippen LogP contribution in [0.2, 0.25) is 0 Å². The van der Waals surface area contributed by atoms with E-state index in [9.17, 15) is 4.79 Å². The van der Waals surface area contributed by atoms with Crippen molar-refractivity contribution in [1.29, 1.82) is 0 Å². The van der Waals surface area contributed by atoms with Gasteiger partial charge in [0.25, 0.3) is 5.91 Å². The third-order valence-corrected chi connectivity index (χ3v) is 3.64. The average molecular weight is 288 g/mol. The number of thiazole rings is 1. The molecule has 0 fully saturated rings. The molecule has 6 nitrogen and oxygen atoms in total. The number of aromatic amines is 1. The van der Waals surface area contributed by atoms with E-state index in [0.29, 0.717) is 27.8 Å². The Bertz CT molecular complexity index is 742. The predicted octanol–water partition coefficient (Wildman–Crippen LogP) is 3.00. The zero-order chi connectivity index (χ0) is 14.1. The van der Waals surface area contributed by atoms with Gasteiger partial charge < -0.3 is 4.42 Å². The lowest BCUT2D eigenvalue weighted by atomic mass is 10.1. The number of furan rings is 1. The normalized spacial score (nSPS) is 10.7. The lowest BCUT2D eigenvalue weighted by Crippen LogP contribution is -2.13. The minimum absolute atomic E-state index is 0.253. The number of aryl methyl sites for hydroxylation is 2. The monoisotopic (exact) mass is 288 g/mol. The van der Waals surface area contributed by atoms with Crippen LogP contribution in [-0.2, 0) is 0 Å². The minimum atomic E-state index is -0.253. The lowest BCUT2D eigenvalue weighted by molar-refractivity contribution is 0.102. The Kier molecular flexibility index (Phi) is 3.11. The van der Waals surface area contributed by atoms with Gasteiger partial charge in [-0.05, 0) is 26.0 Å². The van der Waals surface area contributed by atoms with E-state index in [2.05, 4.69) is 20.5 Å². The number of hydrogen-bond acceptors (Lipinski definition) is 5. The summed E-state index contributed by atoms with van der Waals surface area (Å²) in [5.74, 6) is 0.298. The summed E-state index contributed by atoms with van der Waals surface area (Å²) >= 11 is 1.39. The van der Waals surface area contributed by atoms with E-state index in [-0.39, 0.29) is 5.91 Å². The summed E-state index contributed by atoms with van der Waals surface area (Å²) in [6, 6.07) is 3.52. The first-order valence-corrected chi connectivity index (χ1v) is 6.85. The fourth-order valence-electron chi connectivity index (χ4n) is 1.87. The van der Waals surface area contributed by atoms with Crippen molar-refractivity contribution < 1.29 is 9.21 Å². The standard InChI is InChI=1S/C13H12N4O2S/c1-7-6-20-13(14-7)15-12(18)10-8(2)16-17-11(10)9-4-3-5-19-9/h3-6H,1-2H3,(H,16,17)(H,14,15,18). The molecule has 0 radical (unpaired) electrons. The van der Waals surface area contributed by atoms with Crippen molar-refractivity contribution in [1.82, 2.24) is 15.2 Å². The number of rotatable bonds is 3. The van der Waals surface area contributed by atoms with Gasteiger partial charge in [-0.1, -0.05) is 0 Å². The topological polar surface area (TPSA) is 83.8 Å². The van der Waals surface area contributed by atoms with Crippen molar-refractivity contribution in [2.75, 3.05) is 5.32 Å². The number of nitrogens with zero attached hydrogens (tertiary/aromatic N) is 2. The molecule has 3 aromatic rings. The SMILES string of the molecule is Cc1csc(NC(=O)c2c(-c3ccco3)n[nH]c2C)n1. The maximum absolute atomic E-state index is 12.4. The van der Waals surface area contributed by atoms with Crippen molar-refractivity contribution in [3.05, 3.63) is 40.7 Å². The van der Waals surface area contributed by atoms with Crippen molar-refractivity contribution >= 4 is 22.4 Å². The van der Waals surface area contributed by atoms with Crippen LogP contribution in [0.5, 0.6) is 0 Å². The highest BCUT2D eigenvalue weighted by atomic mass is 32.1. The molecule has 102 valence electrons. The molecule has 20 heavy (non-hydrogen) atoms. The largest absolute Gasteiger partial charge is 0.463 e. The van der Waals surface area contributed by atoms with Crippen LogP contribution in [0.4, 0.5) is 5.13 Å². The molecule has 0 saturated carbocycles. The molecule has 0 aliphatic carbocycles. The minimum Gasteiger partial charge on any atom is -0.463 e. The third kappa shape index (κ3) is 2.23. The van der Waals surface area contributed by atoms with Gasteiger partial charge in [-0.2, -0.15) is 5.10 Å². The fraction of sp³-hybridized carbons (Fsp3) is 0.154. The first-order chi connectivity index (χ1) is 9.65. The first kappa shape index (κ1) is 12.6. The van der Waals surface area contributed by atoms with Gasteiger partial charge in [0.05, 0.1) is 17.5 Å². The average Bonchev–Trinajstić information content (AvgIpc) is 3.10. The molecule has 0 atom stereocenters. The Labute approximate surface area is 118 Å². The highest BCUT2D eigenvalue weighted by molar-refractivity contribution is 7.13. The number of carbonyl (C=O) groups excluding carboxylic acids is 1. The van der Waals surface area contributed by atoms with Crippen LogP contribution >= 0.6 is 11.3 Å². The summed E-state index contributed by atoms with van der Waals surface area (Å²) < 4.78 is 5.30. The van der Waals surface area contributed by atoms with E-state index in [4.69, 9.17) is 4.42 Å². The molecular weight excluding hydrogens is 276 g/mol. The van der Waals surface area contributed by atoms with Crippen molar-refractivity contribution in [2.45, 2.75) is 13.8 Å². The van der Waals surface area contributed by atoms with Gasteiger partial charge in [0.15, 0.2) is 10.9 Å². The van der Waals surface area contributed by atoms with E-state index < -0.39 is 0 Å². The molecular formula is C13H12N4O2S. The highest BCUT2D eigenvalue weighted by Gasteiger charge is 2.21. The predicted molar refractivity (Wildman–Crippen MR) is 75.8 cm³/mol. The number of carbonyl (C=O) groups is 1. The molecule has 0 bridgehead atoms. The van der Waals surface area contributed by atoms with E-state index in [1.54, 1.807) is 25.3 Å². The lowest BCUT2D eigenvalue weighted by Gasteiger charge is -2.02. The molecule has 3 aromatic heterocycles. The zero-order valence-electron chi connectivity index (χ0n) is 10.9. The summed E-state index contributed by atoms with van der Waals surface area (Å²) in [7, 11) is 0. The van der Waals surface area contributed by atoms with Gasteiger partial charge in [-0.15, -0.1) is 11.3 Å². The van der Waals surface area contributed by atoms with Crippen molar-refractivity contribution in [3.63, 3.8) is 0 Å². The van der Waals surface area contributed by atoms with Crippen LogP contribution < -0.4 is 5.32 Å². The number of amides is 1. The molecule has 0 aromatic carbocycles. The molecule has 0 spiro atoms. The second-order valence-electron chi connectivity index (χ2n) is 4.30. The molecule has 0 saturated heterocycles. The molecule has 0 aliphatic heterocycles. The van der Waals surface area contributed by atoms with Gasteiger partial charge >= 0.3 is 0 Å². The third-order valence-electron chi connectivity index (χ3n) is 2.77. The summed E-state index contributed by atoms with van der Waals surface area (Å²) in [6.07, 6.45) is 1.55. The molecule has 3 heterocycles. The van der Waals surface area contributed by atoms with E-state index in [1.807, 2.05) is 12.3 Å². The Hall–Kier alpha value is -2.41. The van der Waals surface area contributed by atoms with Crippen LogP contribution in [-0.4, -0.2) is 21.1 Å². The fourth-order valence-corrected chi connectivity index (χ4v) is 2.55. The number of H-pyrrole nitrogens is 1. The molecule has 0 aliphatic rings. The summed E-state index contributed by atoms with van der Waals surface area (Å²) in [4.78, 5) is 16.6. The Morgan fingerprint density at radius 1 is 1.45 bits per heavy atom. The van der Waals surface area contributed by atoms with Crippen LogP contribution in [0, 0.1) is 13.8 Å².